The van der Waals surface area contributed by atoms with Gasteiger partial charge in [0.1, 0.15) is 12.2 Å². The number of carbonyl (C=O) groups is 3. The second kappa shape index (κ2) is 5.69. The van der Waals surface area contributed by atoms with E-state index in [4.69, 9.17) is 4.74 Å². The van der Waals surface area contributed by atoms with Crippen molar-refractivity contribution in [3.63, 3.8) is 0 Å². The first-order valence-corrected chi connectivity index (χ1v) is 6.64. The Morgan fingerprint density at radius 3 is 2.32 bits per heavy atom. The van der Waals surface area contributed by atoms with Gasteiger partial charge in [-0.05, 0) is 24.3 Å². The van der Waals surface area contributed by atoms with Gasteiger partial charge >= 0.3 is 6.03 Å². The minimum atomic E-state index is -0.773. The largest absolute Gasteiger partial charge is 0.455 e. The molecule has 6 heteroatoms. The van der Waals surface area contributed by atoms with Crippen molar-refractivity contribution in [1.29, 1.82) is 0 Å². The molecule has 1 saturated heterocycles. The van der Waals surface area contributed by atoms with Crippen LogP contribution in [0.1, 0.15) is 6.42 Å². The molecule has 0 atom stereocenters. The molecular weight excluding hydrogens is 284 g/mol. The monoisotopic (exact) mass is 296 g/mol. The summed E-state index contributed by atoms with van der Waals surface area (Å²) in [5, 5.41) is 2.12. The molecule has 0 spiro atoms. The van der Waals surface area contributed by atoms with E-state index in [0.29, 0.717) is 17.2 Å². The highest BCUT2D eigenvalue weighted by Gasteiger charge is 2.33. The number of para-hydroxylation sites is 3. The molecule has 1 fully saturated rings. The lowest BCUT2D eigenvalue weighted by Gasteiger charge is -2.26. The standard InChI is InChI=1S/C16H12N2O4/c19-14-10-15(20)18(16(21)17-14)12-8-4-5-9-13(12)22-11-6-2-1-3-7-11/h1-9H,10H2,(H,17,19,21). The molecule has 2 aromatic rings. The van der Waals surface area contributed by atoms with Crippen LogP contribution in [0, 0.1) is 0 Å². The van der Waals surface area contributed by atoms with E-state index >= 15 is 0 Å². The Labute approximate surface area is 126 Å². The van der Waals surface area contributed by atoms with Crippen LogP contribution >= 0.6 is 0 Å². The van der Waals surface area contributed by atoms with Crippen LogP contribution in [0.4, 0.5) is 10.5 Å². The summed E-state index contributed by atoms with van der Waals surface area (Å²) in [5.41, 5.74) is 0.293. The van der Waals surface area contributed by atoms with Gasteiger partial charge in [0.05, 0.1) is 5.69 Å². The second-order valence-corrected chi connectivity index (χ2v) is 4.64. The lowest BCUT2D eigenvalue weighted by molar-refractivity contribution is -0.128. The molecule has 110 valence electrons. The number of imide groups is 2. The van der Waals surface area contributed by atoms with Crippen molar-refractivity contribution < 1.29 is 19.1 Å². The predicted molar refractivity (Wildman–Crippen MR) is 78.6 cm³/mol. The molecule has 0 radical (unpaired) electrons. The maximum absolute atomic E-state index is 12.0. The zero-order valence-electron chi connectivity index (χ0n) is 11.5. The molecule has 6 nitrogen and oxygen atoms in total. The summed E-state index contributed by atoms with van der Waals surface area (Å²) in [6, 6.07) is 14.9. The van der Waals surface area contributed by atoms with Crippen molar-refractivity contribution in [3.05, 3.63) is 54.6 Å². The highest BCUT2D eigenvalue weighted by molar-refractivity contribution is 6.26. The fourth-order valence-electron chi connectivity index (χ4n) is 2.14. The molecule has 1 aliphatic rings. The third kappa shape index (κ3) is 2.67. The van der Waals surface area contributed by atoms with Gasteiger partial charge in [0.2, 0.25) is 11.8 Å². The molecule has 0 aromatic heterocycles. The third-order valence-electron chi connectivity index (χ3n) is 3.09. The fourth-order valence-corrected chi connectivity index (χ4v) is 2.14. The Hall–Kier alpha value is -3.15. The molecular formula is C16H12N2O4. The first-order valence-electron chi connectivity index (χ1n) is 6.64. The summed E-state index contributed by atoms with van der Waals surface area (Å²) < 4.78 is 5.73. The number of benzene rings is 2. The van der Waals surface area contributed by atoms with E-state index in [1.165, 1.54) is 0 Å². The van der Waals surface area contributed by atoms with Gasteiger partial charge < -0.3 is 4.74 Å². The summed E-state index contributed by atoms with van der Waals surface area (Å²) in [5.74, 6) is -0.256. The van der Waals surface area contributed by atoms with Crippen LogP contribution in [-0.2, 0) is 9.59 Å². The van der Waals surface area contributed by atoms with Crippen LogP contribution in [-0.4, -0.2) is 17.8 Å². The molecule has 2 aromatic carbocycles. The highest BCUT2D eigenvalue weighted by Crippen LogP contribution is 2.33. The van der Waals surface area contributed by atoms with Crippen LogP contribution in [0.5, 0.6) is 11.5 Å². The zero-order chi connectivity index (χ0) is 15.5. The first-order chi connectivity index (χ1) is 10.6. The van der Waals surface area contributed by atoms with E-state index in [-0.39, 0.29) is 6.42 Å². The summed E-state index contributed by atoms with van der Waals surface area (Å²) in [6.07, 6.45) is -0.370. The summed E-state index contributed by atoms with van der Waals surface area (Å²) in [7, 11) is 0. The number of urea groups is 1. The molecule has 0 bridgehead atoms. The highest BCUT2D eigenvalue weighted by atomic mass is 16.5. The first kappa shape index (κ1) is 13.8. The normalized spacial score (nSPS) is 14.7. The van der Waals surface area contributed by atoms with Gasteiger partial charge in [-0.15, -0.1) is 0 Å². The summed E-state index contributed by atoms with van der Waals surface area (Å²) >= 11 is 0. The smallest absolute Gasteiger partial charge is 0.335 e. The number of barbiturate groups is 1. The molecule has 1 aliphatic heterocycles. The van der Waals surface area contributed by atoms with Gasteiger partial charge in [0.15, 0.2) is 5.75 Å². The lowest BCUT2D eigenvalue weighted by atomic mass is 10.2. The average Bonchev–Trinajstić information content (AvgIpc) is 2.49. The Bertz CT molecular complexity index is 723. The average molecular weight is 296 g/mol. The van der Waals surface area contributed by atoms with Gasteiger partial charge in [-0.3, -0.25) is 14.9 Å². The van der Waals surface area contributed by atoms with Crippen molar-refractivity contribution >= 4 is 23.5 Å². The molecule has 0 unspecified atom stereocenters. The number of ether oxygens (including phenoxy) is 1. The van der Waals surface area contributed by atoms with Crippen molar-refractivity contribution in [3.8, 4) is 11.5 Å². The lowest BCUT2D eigenvalue weighted by Crippen LogP contribution is -2.53. The van der Waals surface area contributed by atoms with E-state index in [9.17, 15) is 14.4 Å². The van der Waals surface area contributed by atoms with E-state index in [1.807, 2.05) is 18.2 Å². The van der Waals surface area contributed by atoms with Crippen LogP contribution in [0.2, 0.25) is 0 Å². The molecule has 0 saturated carbocycles. The van der Waals surface area contributed by atoms with Crippen LogP contribution in [0.3, 0.4) is 0 Å². The number of carbonyl (C=O) groups excluding carboxylic acids is 3. The van der Waals surface area contributed by atoms with Crippen molar-refractivity contribution in [2.45, 2.75) is 6.42 Å². The van der Waals surface area contributed by atoms with Crippen molar-refractivity contribution in [2.75, 3.05) is 4.90 Å². The minimum absolute atomic E-state index is 0.293. The second-order valence-electron chi connectivity index (χ2n) is 4.64. The fraction of sp³-hybridized carbons (Fsp3) is 0.0625. The molecule has 22 heavy (non-hydrogen) atoms. The summed E-state index contributed by atoms with van der Waals surface area (Å²) in [6.45, 7) is 0. The number of nitrogens with one attached hydrogen (secondary N) is 1. The SMILES string of the molecule is O=C1CC(=O)N(c2ccccc2Oc2ccccc2)C(=O)N1. The van der Waals surface area contributed by atoms with E-state index in [1.54, 1.807) is 36.4 Å². The number of rotatable bonds is 3. The van der Waals surface area contributed by atoms with Crippen LogP contribution in [0.25, 0.3) is 0 Å². The third-order valence-corrected chi connectivity index (χ3v) is 3.09. The Balaban J connectivity index is 1.96. The van der Waals surface area contributed by atoms with Gasteiger partial charge in [-0.1, -0.05) is 30.3 Å². The zero-order valence-corrected chi connectivity index (χ0v) is 11.5. The number of hydrogen-bond donors (Lipinski definition) is 1. The number of nitrogens with zero attached hydrogens (tertiary/aromatic N) is 1. The van der Waals surface area contributed by atoms with Gasteiger partial charge in [0.25, 0.3) is 0 Å². The van der Waals surface area contributed by atoms with Gasteiger partial charge in [-0.2, -0.15) is 0 Å². The topological polar surface area (TPSA) is 75.7 Å². The quantitative estimate of drug-likeness (QED) is 0.883. The molecule has 0 aliphatic carbocycles. The Morgan fingerprint density at radius 1 is 0.909 bits per heavy atom. The maximum Gasteiger partial charge on any atom is 0.335 e. The Morgan fingerprint density at radius 2 is 1.59 bits per heavy atom. The summed E-state index contributed by atoms with van der Waals surface area (Å²) in [4.78, 5) is 36.1. The number of amides is 4. The minimum Gasteiger partial charge on any atom is -0.455 e. The molecule has 3 rings (SSSR count). The maximum atomic E-state index is 12.0. The molecule has 1 N–H and O–H groups in total. The van der Waals surface area contributed by atoms with Gasteiger partial charge in [-0.25, -0.2) is 9.69 Å². The van der Waals surface area contributed by atoms with Gasteiger partial charge in [0, 0.05) is 0 Å². The van der Waals surface area contributed by atoms with Crippen molar-refractivity contribution in [1.82, 2.24) is 5.32 Å². The number of hydrogen-bond acceptors (Lipinski definition) is 4. The van der Waals surface area contributed by atoms with Crippen LogP contribution in [0.15, 0.2) is 54.6 Å². The van der Waals surface area contributed by atoms with Crippen molar-refractivity contribution in [2.24, 2.45) is 0 Å². The molecule has 1 heterocycles. The van der Waals surface area contributed by atoms with E-state index in [2.05, 4.69) is 5.32 Å². The Kier molecular flexibility index (Phi) is 3.57. The molecule has 4 amide bonds. The van der Waals surface area contributed by atoms with Crippen LogP contribution < -0.4 is 15.0 Å². The van der Waals surface area contributed by atoms with E-state index in [0.717, 1.165) is 4.90 Å². The number of anilines is 1. The predicted octanol–water partition coefficient (Wildman–Crippen LogP) is 2.45. The van der Waals surface area contributed by atoms with E-state index < -0.39 is 17.8 Å².